The van der Waals surface area contributed by atoms with Gasteiger partial charge in [-0.15, -0.1) is 0 Å². The van der Waals surface area contributed by atoms with Gasteiger partial charge in [0.25, 0.3) is 0 Å². The molecule has 7 nitrogen and oxygen atoms in total. The highest BCUT2D eigenvalue weighted by Crippen LogP contribution is 2.45. The van der Waals surface area contributed by atoms with Crippen molar-refractivity contribution in [3.8, 4) is 11.1 Å². The van der Waals surface area contributed by atoms with E-state index in [1.807, 2.05) is 53.4 Å². The molecule has 1 fully saturated rings. The third-order valence-corrected chi connectivity index (χ3v) is 8.32. The normalized spacial score (nSPS) is 21.3. The zero-order valence-electron chi connectivity index (χ0n) is 22.2. The van der Waals surface area contributed by atoms with Gasteiger partial charge in [-0.05, 0) is 48.1 Å². The first-order valence-electron chi connectivity index (χ1n) is 13.5. The summed E-state index contributed by atoms with van der Waals surface area (Å²) in [4.78, 5) is 34.0. The van der Waals surface area contributed by atoms with Gasteiger partial charge in [0.05, 0.1) is 24.1 Å². The van der Waals surface area contributed by atoms with Crippen molar-refractivity contribution in [3.63, 3.8) is 0 Å². The first-order valence-corrected chi connectivity index (χ1v) is 13.5. The number of aromatic amines is 1. The van der Waals surface area contributed by atoms with Crippen LogP contribution in [0.25, 0.3) is 22.0 Å². The fourth-order valence-electron chi connectivity index (χ4n) is 6.41. The number of rotatable bonds is 5. The Labute approximate surface area is 228 Å². The fraction of sp³-hybridized carbons (Fsp3) is 0.312. The Kier molecular flexibility index (Phi) is 6.61. The molecule has 0 spiro atoms. The van der Waals surface area contributed by atoms with Gasteiger partial charge in [0.2, 0.25) is 5.91 Å². The van der Waals surface area contributed by atoms with E-state index in [0.29, 0.717) is 13.0 Å². The Hall–Kier alpha value is -4.10. The van der Waals surface area contributed by atoms with Crippen LogP contribution in [0.15, 0.2) is 78.9 Å². The number of H-pyrrole nitrogens is 1. The van der Waals surface area contributed by atoms with Gasteiger partial charge in [-0.1, -0.05) is 72.8 Å². The van der Waals surface area contributed by atoms with Crippen molar-refractivity contribution in [2.75, 3.05) is 13.6 Å². The zero-order chi connectivity index (χ0) is 27.1. The van der Waals surface area contributed by atoms with Crippen molar-refractivity contribution in [2.24, 2.45) is 5.92 Å². The minimum absolute atomic E-state index is 0.124. The molecule has 4 aromatic rings. The monoisotopic (exact) mass is 523 g/mol. The predicted octanol–water partition coefficient (Wildman–Crippen LogP) is 5.30. The van der Waals surface area contributed by atoms with Crippen molar-refractivity contribution < 1.29 is 19.4 Å². The van der Waals surface area contributed by atoms with Crippen LogP contribution in [-0.2, 0) is 22.6 Å². The second kappa shape index (κ2) is 10.2. The third kappa shape index (κ3) is 4.46. The maximum absolute atomic E-state index is 13.8. The molecule has 200 valence electrons. The highest BCUT2D eigenvalue weighted by atomic mass is 16.6. The molecule has 3 aromatic carbocycles. The van der Waals surface area contributed by atoms with Gasteiger partial charge in [0, 0.05) is 30.2 Å². The number of nitrogens with zero attached hydrogens (tertiary/aromatic N) is 2. The second-order valence-corrected chi connectivity index (χ2v) is 10.6. The molecule has 0 bridgehead atoms. The van der Waals surface area contributed by atoms with Gasteiger partial charge in [0.1, 0.15) is 6.61 Å². The molecule has 2 N–H and O–H groups in total. The maximum Gasteiger partial charge on any atom is 0.410 e. The highest BCUT2D eigenvalue weighted by Gasteiger charge is 2.49. The summed E-state index contributed by atoms with van der Waals surface area (Å²) < 4.78 is 5.60. The fourth-order valence-corrected chi connectivity index (χ4v) is 6.41. The molecule has 0 saturated carbocycles. The molecular weight excluding hydrogens is 490 g/mol. The Morgan fingerprint density at radius 1 is 1.08 bits per heavy atom. The van der Waals surface area contributed by atoms with Crippen molar-refractivity contribution in [3.05, 3.63) is 95.7 Å². The Balaban J connectivity index is 1.34. The van der Waals surface area contributed by atoms with Crippen LogP contribution in [-0.4, -0.2) is 57.6 Å². The molecule has 3 heterocycles. The van der Waals surface area contributed by atoms with Gasteiger partial charge in [-0.3, -0.25) is 4.79 Å². The van der Waals surface area contributed by atoms with Gasteiger partial charge in [0.15, 0.2) is 0 Å². The molecule has 0 aliphatic carbocycles. The lowest BCUT2D eigenvalue weighted by atomic mass is 9.79. The third-order valence-electron chi connectivity index (χ3n) is 8.32. The molecule has 2 amide bonds. The van der Waals surface area contributed by atoms with Gasteiger partial charge < -0.3 is 24.6 Å². The number of ether oxygens (including phenoxy) is 1. The first-order chi connectivity index (χ1) is 18.9. The molecule has 2 aliphatic heterocycles. The van der Waals surface area contributed by atoms with Crippen LogP contribution < -0.4 is 0 Å². The van der Waals surface area contributed by atoms with Gasteiger partial charge in [-0.2, -0.15) is 0 Å². The van der Waals surface area contributed by atoms with E-state index in [0.717, 1.165) is 28.8 Å². The lowest BCUT2D eigenvalue weighted by Gasteiger charge is -2.48. The maximum atomic E-state index is 13.8. The molecule has 4 atom stereocenters. The summed E-state index contributed by atoms with van der Waals surface area (Å²) in [6, 6.07) is 25.4. The number of carbonyl (C=O) groups is 2. The van der Waals surface area contributed by atoms with Crippen LogP contribution in [0.3, 0.4) is 0 Å². The molecule has 6 rings (SSSR count). The second-order valence-electron chi connectivity index (χ2n) is 10.6. The quantitative estimate of drug-likeness (QED) is 0.372. The Morgan fingerprint density at radius 2 is 1.79 bits per heavy atom. The number of aliphatic hydroxyl groups is 1. The van der Waals surface area contributed by atoms with E-state index in [-0.39, 0.29) is 18.6 Å². The molecule has 0 radical (unpaired) electrons. The van der Waals surface area contributed by atoms with Crippen LogP contribution in [0, 0.1) is 5.92 Å². The number of aliphatic hydroxyl groups excluding tert-OH is 1. The molecule has 39 heavy (non-hydrogen) atoms. The van der Waals surface area contributed by atoms with Crippen LogP contribution >= 0.6 is 0 Å². The highest BCUT2D eigenvalue weighted by molar-refractivity contribution is 5.99. The summed E-state index contributed by atoms with van der Waals surface area (Å²) in [5.74, 6) is -0.845. The van der Waals surface area contributed by atoms with Crippen LogP contribution in [0.1, 0.15) is 36.2 Å². The number of nitrogens with one attached hydrogen (secondary N) is 1. The van der Waals surface area contributed by atoms with E-state index in [1.54, 1.807) is 14.0 Å². The first kappa shape index (κ1) is 25.2. The van der Waals surface area contributed by atoms with E-state index >= 15 is 0 Å². The van der Waals surface area contributed by atoms with E-state index in [2.05, 4.69) is 35.3 Å². The summed E-state index contributed by atoms with van der Waals surface area (Å²) in [6.07, 6.45) is -0.164. The molecule has 2 aliphatic rings. The van der Waals surface area contributed by atoms with Crippen molar-refractivity contribution in [1.29, 1.82) is 0 Å². The summed E-state index contributed by atoms with van der Waals surface area (Å²) in [6.45, 7) is 2.35. The largest absolute Gasteiger partial charge is 0.445 e. The Bertz CT molecular complexity index is 1500. The lowest BCUT2D eigenvalue weighted by molar-refractivity contribution is -0.152. The topological polar surface area (TPSA) is 85.9 Å². The van der Waals surface area contributed by atoms with Gasteiger partial charge >= 0.3 is 6.09 Å². The van der Waals surface area contributed by atoms with Gasteiger partial charge in [-0.25, -0.2) is 4.79 Å². The minimum atomic E-state index is -0.901. The summed E-state index contributed by atoms with van der Waals surface area (Å²) in [7, 11) is 1.67. The molecule has 7 heteroatoms. The van der Waals surface area contributed by atoms with Crippen LogP contribution in [0.2, 0.25) is 0 Å². The lowest BCUT2D eigenvalue weighted by Crippen LogP contribution is -2.59. The molecule has 1 aromatic heterocycles. The molecule has 1 saturated heterocycles. The SMILES string of the molecule is C[C@H](O)[C@@H]1C(=O)N2CCc3c([nH]c4cccc(-c5ccccc5)c34)[C@@H]2C[C@@H]1N(C)C(=O)OCc1ccccc1. The van der Waals surface area contributed by atoms with E-state index in [9.17, 15) is 14.7 Å². The smallest absolute Gasteiger partial charge is 0.410 e. The van der Waals surface area contributed by atoms with Crippen molar-refractivity contribution in [1.82, 2.24) is 14.8 Å². The molecular formula is C32H33N3O4. The number of fused-ring (bicyclic) bond motifs is 5. The standard InChI is InChI=1S/C32H33N3O4/c1-20(36)28-26(34(2)32(38)39-19-21-10-5-3-6-11-21)18-27-30-24(16-17-35(27)31(28)37)29-23(14-9-15-25(29)33-30)22-12-7-4-8-13-22/h3-15,20,26-28,33,36H,16-19H2,1-2H3/t20-,26-,27-,28-/m0/s1. The van der Waals surface area contributed by atoms with Crippen LogP contribution in [0.4, 0.5) is 4.79 Å². The number of aromatic nitrogens is 1. The van der Waals surface area contributed by atoms with E-state index in [1.165, 1.54) is 21.4 Å². The number of benzene rings is 3. The zero-order valence-corrected chi connectivity index (χ0v) is 22.2. The number of hydrogen-bond acceptors (Lipinski definition) is 4. The average molecular weight is 524 g/mol. The van der Waals surface area contributed by atoms with Crippen LogP contribution in [0.5, 0.6) is 0 Å². The van der Waals surface area contributed by atoms with E-state index < -0.39 is 24.2 Å². The number of carbonyl (C=O) groups excluding carboxylic acids is 2. The summed E-state index contributed by atoms with van der Waals surface area (Å²) in [5, 5.41) is 11.9. The minimum Gasteiger partial charge on any atom is -0.445 e. The number of amides is 2. The van der Waals surface area contributed by atoms with E-state index in [4.69, 9.17) is 4.74 Å². The predicted molar refractivity (Wildman–Crippen MR) is 150 cm³/mol. The van der Waals surface area contributed by atoms with Crippen molar-refractivity contribution in [2.45, 2.75) is 44.6 Å². The average Bonchev–Trinajstić information content (AvgIpc) is 3.35. The number of piperidine rings is 1. The summed E-state index contributed by atoms with van der Waals surface area (Å²) in [5.41, 5.74) is 6.50. The van der Waals surface area contributed by atoms with Crippen molar-refractivity contribution >= 4 is 22.9 Å². The summed E-state index contributed by atoms with van der Waals surface area (Å²) >= 11 is 0. The number of hydrogen-bond donors (Lipinski definition) is 2. The Morgan fingerprint density at radius 3 is 2.51 bits per heavy atom. The molecule has 0 unspecified atom stereocenters.